The van der Waals surface area contributed by atoms with Crippen LogP contribution in [0.3, 0.4) is 0 Å². The van der Waals surface area contributed by atoms with E-state index in [1.165, 1.54) is 12.8 Å². The fourth-order valence-corrected chi connectivity index (χ4v) is 5.86. The molecule has 0 unspecified atom stereocenters. The first-order chi connectivity index (χ1) is 9.04. The highest BCUT2D eigenvalue weighted by Gasteiger charge is 2.50. The standard InChI is InChI=1S/C18H30OSi/c1-12-8-9-14-10-15(16(12)18(14,3)4)17(19)13(2)11-20(5,6)7/h10-12,14,16H,8-9H2,1-7H3/b13-11+/t12-,14-,16+/m0/s1. The van der Waals surface area contributed by atoms with Crippen molar-refractivity contribution in [1.82, 2.24) is 0 Å². The highest BCUT2D eigenvalue weighted by atomic mass is 28.3. The molecule has 112 valence electrons. The molecule has 20 heavy (non-hydrogen) atoms. The van der Waals surface area contributed by atoms with Crippen molar-refractivity contribution in [1.29, 1.82) is 0 Å². The molecule has 0 radical (unpaired) electrons. The van der Waals surface area contributed by atoms with Gasteiger partial charge in [0.2, 0.25) is 0 Å². The monoisotopic (exact) mass is 290 g/mol. The number of hydrogen-bond donors (Lipinski definition) is 0. The maximum Gasteiger partial charge on any atom is 0.184 e. The van der Waals surface area contributed by atoms with E-state index in [2.05, 4.69) is 52.2 Å². The van der Waals surface area contributed by atoms with E-state index in [-0.39, 0.29) is 5.41 Å². The molecule has 1 nitrogen and oxygen atoms in total. The first kappa shape index (κ1) is 15.8. The molecule has 1 fully saturated rings. The average molecular weight is 291 g/mol. The summed E-state index contributed by atoms with van der Waals surface area (Å²) in [6.45, 7) is 15.9. The van der Waals surface area contributed by atoms with Crippen molar-refractivity contribution in [2.45, 2.75) is 60.2 Å². The Balaban J connectivity index is 2.33. The first-order valence-corrected chi connectivity index (χ1v) is 11.6. The third kappa shape index (κ3) is 2.72. The fraction of sp³-hybridized carbons (Fsp3) is 0.722. The Hall–Kier alpha value is -0.633. The zero-order chi connectivity index (χ0) is 15.3. The van der Waals surface area contributed by atoms with Crippen LogP contribution in [0.1, 0.15) is 40.5 Å². The summed E-state index contributed by atoms with van der Waals surface area (Å²) in [6, 6.07) is 0. The maximum absolute atomic E-state index is 12.9. The molecule has 0 aromatic heterocycles. The van der Waals surface area contributed by atoms with Crippen LogP contribution in [0.15, 0.2) is 22.9 Å². The molecule has 0 amide bonds. The lowest BCUT2D eigenvalue weighted by Crippen LogP contribution is -2.37. The van der Waals surface area contributed by atoms with Crippen molar-refractivity contribution in [3.63, 3.8) is 0 Å². The van der Waals surface area contributed by atoms with E-state index in [0.29, 0.717) is 23.5 Å². The van der Waals surface area contributed by atoms with Gasteiger partial charge in [0, 0.05) is 0 Å². The van der Waals surface area contributed by atoms with Gasteiger partial charge in [-0.15, -0.1) is 0 Å². The van der Waals surface area contributed by atoms with Gasteiger partial charge in [-0.05, 0) is 54.1 Å². The second-order valence-corrected chi connectivity index (χ2v) is 13.6. The number of rotatable bonds is 3. The molecule has 0 spiro atoms. The van der Waals surface area contributed by atoms with Crippen LogP contribution in [-0.4, -0.2) is 13.9 Å². The minimum Gasteiger partial charge on any atom is -0.289 e. The number of fused-ring (bicyclic) bond motifs is 2. The molecule has 2 bridgehead atoms. The highest BCUT2D eigenvalue weighted by Crippen LogP contribution is 2.57. The van der Waals surface area contributed by atoms with Gasteiger partial charge < -0.3 is 0 Å². The molecule has 0 saturated heterocycles. The van der Waals surface area contributed by atoms with E-state index in [1.54, 1.807) is 0 Å². The summed E-state index contributed by atoms with van der Waals surface area (Å²) < 4.78 is 0. The molecule has 0 aromatic rings. The molecule has 0 aromatic carbocycles. The van der Waals surface area contributed by atoms with Crippen LogP contribution < -0.4 is 0 Å². The van der Waals surface area contributed by atoms with Crippen molar-refractivity contribution in [2.24, 2.45) is 23.2 Å². The molecule has 0 N–H and O–H groups in total. The maximum atomic E-state index is 12.9. The lowest BCUT2D eigenvalue weighted by Gasteiger charge is -2.43. The quantitative estimate of drug-likeness (QED) is 0.527. The van der Waals surface area contributed by atoms with Crippen LogP contribution in [0.4, 0.5) is 0 Å². The van der Waals surface area contributed by atoms with Gasteiger partial charge in [0.15, 0.2) is 5.78 Å². The fourth-order valence-electron chi connectivity index (χ4n) is 4.43. The normalized spacial score (nSPS) is 33.0. The molecule has 3 atom stereocenters. The second-order valence-electron chi connectivity index (χ2n) is 8.60. The molecule has 2 heteroatoms. The largest absolute Gasteiger partial charge is 0.289 e. The highest BCUT2D eigenvalue weighted by molar-refractivity contribution is 6.81. The van der Waals surface area contributed by atoms with E-state index < -0.39 is 8.07 Å². The van der Waals surface area contributed by atoms with Crippen LogP contribution >= 0.6 is 0 Å². The van der Waals surface area contributed by atoms with Gasteiger partial charge in [-0.3, -0.25) is 4.79 Å². The minimum absolute atomic E-state index is 0.266. The minimum atomic E-state index is -1.33. The molecule has 2 rings (SSSR count). The van der Waals surface area contributed by atoms with Crippen molar-refractivity contribution < 1.29 is 4.79 Å². The van der Waals surface area contributed by atoms with Crippen molar-refractivity contribution in [3.05, 3.63) is 22.9 Å². The Bertz CT molecular complexity index is 476. The molecular formula is C18H30OSi. The zero-order valence-electron chi connectivity index (χ0n) is 14.2. The Morgan fingerprint density at radius 1 is 1.30 bits per heavy atom. The number of Topliss-reactive ketones (excluding diaryl/α,β-unsaturated/α-hetero) is 1. The number of hydrogen-bond acceptors (Lipinski definition) is 1. The van der Waals surface area contributed by atoms with Gasteiger partial charge >= 0.3 is 0 Å². The number of carbonyl (C=O) groups excluding carboxylic acids is 1. The number of allylic oxidation sites excluding steroid dienone is 3. The zero-order valence-corrected chi connectivity index (χ0v) is 15.2. The Labute approximate surface area is 125 Å². The van der Waals surface area contributed by atoms with Crippen molar-refractivity contribution in [2.75, 3.05) is 0 Å². The van der Waals surface area contributed by atoms with E-state index in [9.17, 15) is 4.79 Å². The summed E-state index contributed by atoms with van der Waals surface area (Å²) in [6.07, 6.45) is 4.83. The summed E-state index contributed by atoms with van der Waals surface area (Å²) in [5, 5.41) is 0. The van der Waals surface area contributed by atoms with Crippen LogP contribution in [0.2, 0.25) is 19.6 Å². The summed E-state index contributed by atoms with van der Waals surface area (Å²) in [4.78, 5) is 12.9. The molecule has 0 aliphatic heterocycles. The summed E-state index contributed by atoms with van der Waals surface area (Å²) in [5.74, 6) is 2.02. The van der Waals surface area contributed by atoms with Crippen LogP contribution in [0.5, 0.6) is 0 Å². The Morgan fingerprint density at radius 3 is 2.45 bits per heavy atom. The third-order valence-corrected chi connectivity index (χ3v) is 6.54. The van der Waals surface area contributed by atoms with Gasteiger partial charge in [0.1, 0.15) is 0 Å². The summed E-state index contributed by atoms with van der Waals surface area (Å²) in [5.41, 5.74) is 4.63. The van der Waals surface area contributed by atoms with Crippen LogP contribution in [0.25, 0.3) is 0 Å². The lowest BCUT2D eigenvalue weighted by atomic mass is 9.61. The topological polar surface area (TPSA) is 17.1 Å². The van der Waals surface area contributed by atoms with E-state index >= 15 is 0 Å². The summed E-state index contributed by atoms with van der Waals surface area (Å²) in [7, 11) is -1.33. The smallest absolute Gasteiger partial charge is 0.184 e. The average Bonchev–Trinajstić information content (AvgIpc) is 2.42. The molecule has 1 saturated carbocycles. The predicted octanol–water partition coefficient (Wildman–Crippen LogP) is 5.01. The second kappa shape index (κ2) is 4.98. The van der Waals surface area contributed by atoms with Gasteiger partial charge in [-0.1, -0.05) is 52.2 Å². The van der Waals surface area contributed by atoms with Gasteiger partial charge in [-0.25, -0.2) is 0 Å². The Kier molecular flexibility index (Phi) is 3.92. The van der Waals surface area contributed by atoms with Gasteiger partial charge in [0.25, 0.3) is 0 Å². The molecular weight excluding hydrogens is 260 g/mol. The first-order valence-electron chi connectivity index (χ1n) is 8.00. The molecule has 2 aliphatic carbocycles. The number of carbonyl (C=O) groups is 1. The van der Waals surface area contributed by atoms with E-state index in [0.717, 1.165) is 11.1 Å². The van der Waals surface area contributed by atoms with Crippen LogP contribution in [0, 0.1) is 23.2 Å². The molecule has 2 aliphatic rings. The van der Waals surface area contributed by atoms with Gasteiger partial charge in [0.05, 0.1) is 8.07 Å². The Morgan fingerprint density at radius 2 is 1.90 bits per heavy atom. The molecule has 0 heterocycles. The van der Waals surface area contributed by atoms with E-state index in [1.807, 2.05) is 6.92 Å². The predicted molar refractivity (Wildman–Crippen MR) is 89.4 cm³/mol. The third-order valence-electron chi connectivity index (χ3n) is 5.24. The van der Waals surface area contributed by atoms with Crippen molar-refractivity contribution >= 4 is 13.9 Å². The number of ketones is 1. The summed E-state index contributed by atoms with van der Waals surface area (Å²) >= 11 is 0. The van der Waals surface area contributed by atoms with E-state index in [4.69, 9.17) is 0 Å². The lowest BCUT2D eigenvalue weighted by molar-refractivity contribution is -0.113. The van der Waals surface area contributed by atoms with Crippen LogP contribution in [-0.2, 0) is 4.79 Å². The SMILES string of the molecule is C/C(=C\[Si](C)(C)C)C(=O)C1=C[C@@H]2CC[C@H](C)[C@H]1C2(C)C. The van der Waals surface area contributed by atoms with Crippen molar-refractivity contribution in [3.8, 4) is 0 Å². The van der Waals surface area contributed by atoms with Gasteiger partial charge in [-0.2, -0.15) is 0 Å².